The standard InChI is InChI=1S/C23H28N2O4/c24-15-16-9-11-18(12-10-16)22(26)25-21(23(27)28)14-17-5-4-8-20(13-17)29-19-6-2-1-3-7-19/h1-8,13,16,18,21H,9-12,14-15,24H2,(H,25,26)(H,27,28)/t16-,18-,21?. The van der Waals surface area contributed by atoms with Gasteiger partial charge in [0.2, 0.25) is 5.91 Å². The first-order chi connectivity index (χ1) is 14.0. The molecule has 1 unspecified atom stereocenters. The van der Waals surface area contributed by atoms with Gasteiger partial charge in [-0.3, -0.25) is 4.79 Å². The molecule has 2 aromatic rings. The zero-order chi connectivity index (χ0) is 20.6. The minimum absolute atomic E-state index is 0.132. The monoisotopic (exact) mass is 396 g/mol. The van der Waals surface area contributed by atoms with Crippen LogP contribution in [0.25, 0.3) is 0 Å². The average molecular weight is 396 g/mol. The van der Waals surface area contributed by atoms with Gasteiger partial charge >= 0.3 is 5.97 Å². The van der Waals surface area contributed by atoms with Crippen molar-refractivity contribution >= 4 is 11.9 Å². The van der Waals surface area contributed by atoms with Gasteiger partial charge in [-0.2, -0.15) is 0 Å². The van der Waals surface area contributed by atoms with Crippen molar-refractivity contribution in [1.82, 2.24) is 5.32 Å². The van der Waals surface area contributed by atoms with Crippen LogP contribution < -0.4 is 15.8 Å². The summed E-state index contributed by atoms with van der Waals surface area (Å²) in [5, 5.41) is 12.3. The van der Waals surface area contributed by atoms with Crippen LogP contribution in [0.2, 0.25) is 0 Å². The fraction of sp³-hybridized carbons (Fsp3) is 0.391. The van der Waals surface area contributed by atoms with Gasteiger partial charge in [0.25, 0.3) is 0 Å². The smallest absolute Gasteiger partial charge is 0.326 e. The first kappa shape index (κ1) is 20.9. The van der Waals surface area contributed by atoms with E-state index in [0.29, 0.717) is 24.0 Å². The quantitative estimate of drug-likeness (QED) is 0.635. The van der Waals surface area contributed by atoms with Gasteiger partial charge < -0.3 is 20.9 Å². The molecule has 0 saturated heterocycles. The number of aliphatic carboxylic acids is 1. The summed E-state index contributed by atoms with van der Waals surface area (Å²) in [6, 6.07) is 15.7. The van der Waals surface area contributed by atoms with Gasteiger partial charge in [0.15, 0.2) is 0 Å². The molecule has 6 nitrogen and oxygen atoms in total. The Bertz CT molecular complexity index is 817. The van der Waals surface area contributed by atoms with Crippen LogP contribution in [-0.4, -0.2) is 29.6 Å². The van der Waals surface area contributed by atoms with Crippen molar-refractivity contribution in [3.05, 3.63) is 60.2 Å². The lowest BCUT2D eigenvalue weighted by molar-refractivity contribution is -0.142. The summed E-state index contributed by atoms with van der Waals surface area (Å²) in [5.74, 6) is 0.465. The Labute approximate surface area is 171 Å². The summed E-state index contributed by atoms with van der Waals surface area (Å²) >= 11 is 0. The number of benzene rings is 2. The van der Waals surface area contributed by atoms with E-state index in [4.69, 9.17) is 10.5 Å². The molecule has 1 amide bonds. The Hall–Kier alpha value is -2.86. The van der Waals surface area contributed by atoms with Crippen molar-refractivity contribution in [1.29, 1.82) is 0 Å². The third-order valence-electron chi connectivity index (χ3n) is 5.48. The topological polar surface area (TPSA) is 102 Å². The number of para-hydroxylation sites is 1. The van der Waals surface area contributed by atoms with Crippen molar-refractivity contribution in [2.75, 3.05) is 6.54 Å². The van der Waals surface area contributed by atoms with E-state index in [2.05, 4.69) is 5.32 Å². The van der Waals surface area contributed by atoms with Crippen molar-refractivity contribution in [3.63, 3.8) is 0 Å². The fourth-order valence-corrected chi connectivity index (χ4v) is 3.75. The van der Waals surface area contributed by atoms with E-state index in [1.165, 1.54) is 0 Å². The molecule has 0 heterocycles. The van der Waals surface area contributed by atoms with E-state index in [1.807, 2.05) is 54.6 Å². The first-order valence-electron chi connectivity index (χ1n) is 10.1. The summed E-state index contributed by atoms with van der Waals surface area (Å²) in [5.41, 5.74) is 6.49. The SMILES string of the molecule is NC[C@H]1CC[C@H](C(=O)NC(Cc2cccc(Oc3ccccc3)c2)C(=O)O)CC1. The number of hydrogen-bond acceptors (Lipinski definition) is 4. The molecular formula is C23H28N2O4. The molecule has 154 valence electrons. The summed E-state index contributed by atoms with van der Waals surface area (Å²) < 4.78 is 5.81. The first-order valence-corrected chi connectivity index (χ1v) is 10.1. The Morgan fingerprint density at radius 1 is 1.03 bits per heavy atom. The van der Waals surface area contributed by atoms with Crippen molar-refractivity contribution in [2.45, 2.75) is 38.1 Å². The molecule has 0 spiro atoms. The maximum absolute atomic E-state index is 12.6. The third kappa shape index (κ3) is 6.06. The molecule has 1 saturated carbocycles. The maximum Gasteiger partial charge on any atom is 0.326 e. The number of carbonyl (C=O) groups excluding carboxylic acids is 1. The highest BCUT2D eigenvalue weighted by Crippen LogP contribution is 2.28. The van der Waals surface area contributed by atoms with Crippen LogP contribution in [0.4, 0.5) is 0 Å². The Morgan fingerprint density at radius 2 is 1.72 bits per heavy atom. The molecule has 0 bridgehead atoms. The molecule has 1 aliphatic rings. The largest absolute Gasteiger partial charge is 0.480 e. The second kappa shape index (κ2) is 10.1. The zero-order valence-corrected chi connectivity index (χ0v) is 16.4. The normalized spacial score (nSPS) is 19.9. The summed E-state index contributed by atoms with van der Waals surface area (Å²) in [7, 11) is 0. The van der Waals surface area contributed by atoms with E-state index in [9.17, 15) is 14.7 Å². The molecule has 4 N–H and O–H groups in total. The number of carboxylic acids is 1. The number of ether oxygens (including phenoxy) is 1. The molecule has 1 aliphatic carbocycles. The molecule has 3 rings (SSSR count). The van der Waals surface area contributed by atoms with E-state index in [1.54, 1.807) is 0 Å². The number of hydrogen-bond donors (Lipinski definition) is 3. The Morgan fingerprint density at radius 3 is 2.38 bits per heavy atom. The average Bonchev–Trinajstić information content (AvgIpc) is 2.74. The van der Waals surface area contributed by atoms with E-state index < -0.39 is 12.0 Å². The number of nitrogens with one attached hydrogen (secondary N) is 1. The van der Waals surface area contributed by atoms with Crippen LogP contribution in [0.1, 0.15) is 31.2 Å². The molecule has 1 fully saturated rings. The molecular weight excluding hydrogens is 368 g/mol. The summed E-state index contributed by atoms with van der Waals surface area (Å²) in [4.78, 5) is 24.3. The highest BCUT2D eigenvalue weighted by molar-refractivity contribution is 5.85. The number of amides is 1. The van der Waals surface area contributed by atoms with Gasteiger partial charge in [-0.05, 0) is 68.0 Å². The number of carboxylic acid groups (broad SMARTS) is 1. The number of rotatable bonds is 8. The van der Waals surface area contributed by atoms with Gasteiger partial charge in [0, 0.05) is 12.3 Å². The number of carbonyl (C=O) groups is 2. The zero-order valence-electron chi connectivity index (χ0n) is 16.4. The van der Waals surface area contributed by atoms with Gasteiger partial charge in [0.1, 0.15) is 17.5 Å². The van der Waals surface area contributed by atoms with Gasteiger partial charge in [-0.15, -0.1) is 0 Å². The van der Waals surface area contributed by atoms with Crippen LogP contribution in [0, 0.1) is 11.8 Å². The lowest BCUT2D eigenvalue weighted by Crippen LogP contribution is -2.45. The molecule has 0 aliphatic heterocycles. The third-order valence-corrected chi connectivity index (χ3v) is 5.48. The highest BCUT2D eigenvalue weighted by Gasteiger charge is 2.29. The van der Waals surface area contributed by atoms with E-state index in [-0.39, 0.29) is 18.2 Å². The molecule has 29 heavy (non-hydrogen) atoms. The lowest BCUT2D eigenvalue weighted by Gasteiger charge is -2.27. The lowest BCUT2D eigenvalue weighted by atomic mass is 9.81. The summed E-state index contributed by atoms with van der Waals surface area (Å²) in [6.07, 6.45) is 3.57. The molecule has 6 heteroatoms. The van der Waals surface area contributed by atoms with Crippen molar-refractivity contribution in [3.8, 4) is 11.5 Å². The van der Waals surface area contributed by atoms with Crippen LogP contribution in [0.15, 0.2) is 54.6 Å². The van der Waals surface area contributed by atoms with Crippen LogP contribution in [0.3, 0.4) is 0 Å². The van der Waals surface area contributed by atoms with Gasteiger partial charge in [-0.25, -0.2) is 4.79 Å². The Kier molecular flexibility index (Phi) is 7.25. The minimum Gasteiger partial charge on any atom is -0.480 e. The van der Waals surface area contributed by atoms with Crippen molar-refractivity contribution in [2.24, 2.45) is 17.6 Å². The van der Waals surface area contributed by atoms with Crippen LogP contribution >= 0.6 is 0 Å². The van der Waals surface area contributed by atoms with Crippen LogP contribution in [-0.2, 0) is 16.0 Å². The molecule has 0 aromatic heterocycles. The minimum atomic E-state index is -1.04. The number of nitrogens with two attached hydrogens (primary N) is 1. The predicted octanol–water partition coefficient (Wildman–Crippen LogP) is 3.36. The van der Waals surface area contributed by atoms with E-state index >= 15 is 0 Å². The maximum atomic E-state index is 12.6. The summed E-state index contributed by atoms with van der Waals surface area (Å²) in [6.45, 7) is 0.646. The molecule has 2 aromatic carbocycles. The molecule has 0 radical (unpaired) electrons. The second-order valence-corrected chi connectivity index (χ2v) is 7.62. The highest BCUT2D eigenvalue weighted by atomic mass is 16.5. The van der Waals surface area contributed by atoms with Crippen molar-refractivity contribution < 1.29 is 19.4 Å². The van der Waals surface area contributed by atoms with Crippen LogP contribution in [0.5, 0.6) is 11.5 Å². The second-order valence-electron chi connectivity index (χ2n) is 7.62. The predicted molar refractivity (Wildman–Crippen MR) is 111 cm³/mol. The fourth-order valence-electron chi connectivity index (χ4n) is 3.75. The molecule has 1 atom stereocenters. The van der Waals surface area contributed by atoms with E-state index in [0.717, 1.165) is 31.2 Å². The Balaban J connectivity index is 1.61. The van der Waals surface area contributed by atoms with Gasteiger partial charge in [0.05, 0.1) is 0 Å². The van der Waals surface area contributed by atoms with Gasteiger partial charge in [-0.1, -0.05) is 30.3 Å².